The number of alkyl halides is 3. The highest BCUT2D eigenvalue weighted by atomic mass is 19.4. The Morgan fingerprint density at radius 3 is 2.33 bits per heavy atom. The van der Waals surface area contributed by atoms with E-state index in [1.165, 1.54) is 0 Å². The minimum Gasteiger partial charge on any atom is -0.363 e. The number of hydrogen-bond acceptors (Lipinski definition) is 4. The Kier molecular flexibility index (Phi) is 3.46. The Bertz CT molecular complexity index is 410. The lowest BCUT2D eigenvalue weighted by molar-refractivity contribution is -0.351. The van der Waals surface area contributed by atoms with Crippen LogP contribution in [0.5, 0.6) is 0 Å². The number of hydrogen-bond donors (Lipinski definition) is 2. The van der Waals surface area contributed by atoms with Gasteiger partial charge in [-0.05, 0) is 38.5 Å². The fourth-order valence-electron chi connectivity index (χ4n) is 3.30. The first-order valence-electron chi connectivity index (χ1n) is 7.18. The zero-order valence-electron chi connectivity index (χ0n) is 11.5. The Balaban J connectivity index is 1.48. The maximum absolute atomic E-state index is 12.3. The van der Waals surface area contributed by atoms with Crippen LogP contribution < -0.4 is 11.1 Å². The quantitative estimate of drug-likeness (QED) is 0.822. The van der Waals surface area contributed by atoms with Crippen molar-refractivity contribution in [1.29, 1.82) is 0 Å². The van der Waals surface area contributed by atoms with Gasteiger partial charge in [0, 0.05) is 11.6 Å². The van der Waals surface area contributed by atoms with Gasteiger partial charge in [-0.1, -0.05) is 0 Å². The molecule has 2 bridgehead atoms. The summed E-state index contributed by atoms with van der Waals surface area (Å²) >= 11 is 0. The number of nitrogens with two attached hydrogens (primary N) is 1. The average Bonchev–Trinajstić information content (AvgIpc) is 2.36. The van der Waals surface area contributed by atoms with Gasteiger partial charge in [-0.3, -0.25) is 9.53 Å². The van der Waals surface area contributed by atoms with E-state index in [2.05, 4.69) is 10.1 Å². The molecule has 2 aliphatic carbocycles. The van der Waals surface area contributed by atoms with Crippen molar-refractivity contribution in [2.75, 3.05) is 6.61 Å². The predicted molar refractivity (Wildman–Crippen MR) is 66.2 cm³/mol. The molecule has 5 nitrogen and oxygen atoms in total. The van der Waals surface area contributed by atoms with E-state index in [0.29, 0.717) is 19.4 Å². The summed E-state index contributed by atoms with van der Waals surface area (Å²) in [6, 6.07) is -0.269. The third-order valence-electron chi connectivity index (χ3n) is 4.83. The van der Waals surface area contributed by atoms with Crippen molar-refractivity contribution in [3.05, 3.63) is 0 Å². The average molecular weight is 308 g/mol. The second kappa shape index (κ2) is 4.82. The second-order valence-corrected chi connectivity index (χ2v) is 6.47. The first kappa shape index (κ1) is 15.1. The maximum Gasteiger partial charge on any atom is 0.522 e. The highest BCUT2D eigenvalue weighted by Crippen LogP contribution is 2.42. The lowest BCUT2D eigenvalue weighted by Crippen LogP contribution is -2.66. The fourth-order valence-corrected chi connectivity index (χ4v) is 3.30. The largest absolute Gasteiger partial charge is 0.522 e. The molecule has 0 atom stereocenters. The Labute approximate surface area is 120 Å². The normalized spacial score (nSPS) is 42.5. The maximum atomic E-state index is 12.3. The Morgan fingerprint density at radius 2 is 1.86 bits per heavy atom. The van der Waals surface area contributed by atoms with Crippen LogP contribution in [0.4, 0.5) is 13.2 Å². The number of nitrogens with one attached hydrogen (secondary N) is 1. The second-order valence-electron chi connectivity index (χ2n) is 6.47. The number of rotatable bonds is 3. The number of halogens is 3. The number of ether oxygens (including phenoxy) is 2. The molecule has 1 amide bonds. The van der Waals surface area contributed by atoms with Gasteiger partial charge in [-0.15, -0.1) is 13.2 Å². The third kappa shape index (κ3) is 3.02. The SMILES string of the molecule is NC12CCC(C(=O)NC3CC(OC(F)(F)F)C3)(CC1)OC2. The zero-order valence-corrected chi connectivity index (χ0v) is 11.5. The van der Waals surface area contributed by atoms with Gasteiger partial charge in [-0.25, -0.2) is 0 Å². The monoisotopic (exact) mass is 308 g/mol. The first-order valence-corrected chi connectivity index (χ1v) is 7.18. The minimum atomic E-state index is -4.61. The molecule has 4 rings (SSSR count). The molecule has 0 aromatic rings. The number of carbonyl (C=O) groups is 1. The first-order chi connectivity index (χ1) is 9.70. The van der Waals surface area contributed by atoms with Crippen LogP contribution in [0.15, 0.2) is 0 Å². The van der Waals surface area contributed by atoms with Gasteiger partial charge in [0.25, 0.3) is 5.91 Å². The molecule has 120 valence electrons. The van der Waals surface area contributed by atoms with Crippen LogP contribution in [0.25, 0.3) is 0 Å². The molecular formula is C13H19F3N2O3. The molecule has 2 saturated carbocycles. The number of amides is 1. The van der Waals surface area contributed by atoms with Crippen molar-refractivity contribution in [3.8, 4) is 0 Å². The van der Waals surface area contributed by atoms with Crippen LogP contribution in [0, 0.1) is 0 Å². The molecule has 4 fully saturated rings. The summed E-state index contributed by atoms with van der Waals surface area (Å²) in [5.41, 5.74) is 4.94. The van der Waals surface area contributed by atoms with Crippen LogP contribution in [-0.4, -0.2) is 42.2 Å². The fraction of sp³-hybridized carbons (Fsp3) is 0.923. The lowest BCUT2D eigenvalue weighted by Gasteiger charge is -2.51. The van der Waals surface area contributed by atoms with Gasteiger partial charge in [0.2, 0.25) is 0 Å². The summed E-state index contributed by atoms with van der Waals surface area (Å²) < 4.78 is 45.6. The summed E-state index contributed by atoms with van der Waals surface area (Å²) in [5.74, 6) is -0.222. The van der Waals surface area contributed by atoms with E-state index < -0.39 is 18.1 Å². The van der Waals surface area contributed by atoms with Crippen LogP contribution in [-0.2, 0) is 14.3 Å². The van der Waals surface area contributed by atoms with E-state index in [9.17, 15) is 18.0 Å². The van der Waals surface area contributed by atoms with Crippen molar-refractivity contribution in [2.24, 2.45) is 5.73 Å². The van der Waals surface area contributed by atoms with Gasteiger partial charge in [0.1, 0.15) is 5.60 Å². The van der Waals surface area contributed by atoms with Gasteiger partial charge in [-0.2, -0.15) is 0 Å². The standard InChI is InChI=1S/C13H19F3N2O3/c14-13(15,16)21-9-5-8(6-9)18-10(19)12-3-1-11(17,2-4-12)7-20-12/h8-9H,1-7,17H2,(H,18,19). The molecule has 0 radical (unpaired) electrons. The molecule has 0 unspecified atom stereocenters. The summed E-state index contributed by atoms with van der Waals surface area (Å²) in [6.07, 6.45) is -2.48. The van der Waals surface area contributed by atoms with E-state index >= 15 is 0 Å². The Hall–Kier alpha value is -0.860. The molecule has 2 aliphatic heterocycles. The predicted octanol–water partition coefficient (Wildman–Crippen LogP) is 1.21. The molecular weight excluding hydrogens is 289 g/mol. The summed E-state index contributed by atoms with van der Waals surface area (Å²) in [7, 11) is 0. The minimum absolute atomic E-state index is 0.183. The van der Waals surface area contributed by atoms with E-state index in [1.54, 1.807) is 0 Å². The van der Waals surface area contributed by atoms with Gasteiger partial charge >= 0.3 is 6.36 Å². The highest BCUT2D eigenvalue weighted by Gasteiger charge is 2.53. The van der Waals surface area contributed by atoms with Crippen molar-refractivity contribution in [1.82, 2.24) is 5.32 Å². The van der Waals surface area contributed by atoms with Gasteiger partial charge in [0.15, 0.2) is 0 Å². The molecule has 3 N–H and O–H groups in total. The molecule has 0 aromatic heterocycles. The topological polar surface area (TPSA) is 73.6 Å². The highest BCUT2D eigenvalue weighted by molar-refractivity contribution is 5.86. The van der Waals surface area contributed by atoms with Crippen LogP contribution in [0.2, 0.25) is 0 Å². The van der Waals surface area contributed by atoms with Gasteiger partial charge < -0.3 is 15.8 Å². The molecule has 0 aromatic carbocycles. The smallest absolute Gasteiger partial charge is 0.363 e. The third-order valence-corrected chi connectivity index (χ3v) is 4.83. The number of carbonyl (C=O) groups excluding carboxylic acids is 1. The molecule has 4 aliphatic rings. The molecule has 0 spiro atoms. The molecule has 21 heavy (non-hydrogen) atoms. The van der Waals surface area contributed by atoms with E-state index in [0.717, 1.165) is 12.8 Å². The summed E-state index contributed by atoms with van der Waals surface area (Å²) in [5, 5.41) is 2.78. The zero-order chi connectivity index (χ0) is 15.3. The van der Waals surface area contributed by atoms with Gasteiger partial charge in [0.05, 0.1) is 12.7 Å². The Morgan fingerprint density at radius 1 is 1.24 bits per heavy atom. The van der Waals surface area contributed by atoms with Crippen molar-refractivity contribution in [2.45, 2.75) is 68.2 Å². The van der Waals surface area contributed by atoms with Crippen LogP contribution in [0.1, 0.15) is 38.5 Å². The molecule has 2 heterocycles. The molecule has 2 saturated heterocycles. The van der Waals surface area contributed by atoms with E-state index in [-0.39, 0.29) is 30.3 Å². The van der Waals surface area contributed by atoms with Crippen LogP contribution >= 0.6 is 0 Å². The molecule has 8 heteroatoms. The van der Waals surface area contributed by atoms with Crippen LogP contribution in [0.3, 0.4) is 0 Å². The number of fused-ring (bicyclic) bond motifs is 3. The summed E-state index contributed by atoms with van der Waals surface area (Å²) in [6.45, 7) is 0.366. The lowest BCUT2D eigenvalue weighted by atomic mass is 9.71. The van der Waals surface area contributed by atoms with E-state index in [1.807, 2.05) is 0 Å². The summed E-state index contributed by atoms with van der Waals surface area (Å²) in [4.78, 5) is 12.3. The van der Waals surface area contributed by atoms with Crippen molar-refractivity contribution in [3.63, 3.8) is 0 Å². The van der Waals surface area contributed by atoms with Crippen molar-refractivity contribution >= 4 is 5.91 Å². The van der Waals surface area contributed by atoms with Crippen molar-refractivity contribution < 1.29 is 27.4 Å². The van der Waals surface area contributed by atoms with E-state index in [4.69, 9.17) is 10.5 Å².